The molecule has 2 rings (SSSR count). The summed E-state index contributed by atoms with van der Waals surface area (Å²) in [7, 11) is 1.69. The molecule has 0 aromatic carbocycles. The van der Waals surface area contributed by atoms with Gasteiger partial charge in [-0.3, -0.25) is 9.89 Å². The van der Waals surface area contributed by atoms with Gasteiger partial charge in [-0.2, -0.15) is 13.2 Å². The number of likely N-dealkylation sites (tertiary alicyclic amines) is 1. The first kappa shape index (κ1) is 17.7. The number of aromatic nitrogens is 1. The zero-order chi connectivity index (χ0) is 16.7. The predicted octanol–water partition coefficient (Wildman–Crippen LogP) is 1.54. The maximum absolute atomic E-state index is 12.4. The van der Waals surface area contributed by atoms with E-state index in [1.165, 1.54) is 4.90 Å². The number of nitrogens with zero attached hydrogens (tertiary/aromatic N) is 3. The maximum atomic E-state index is 12.4. The standard InChI is InChI=1S/C15H24F3N5/c1-19-14(20-5-9-22-6-2-3-7-22)21-10-13-4-8-23(11-13)12-15(16,17)18/h2-3,6-7,13H,4-5,8-12H2,1H3,(H2,19,20,21). The van der Waals surface area contributed by atoms with E-state index >= 15 is 0 Å². The fraction of sp³-hybridized carbons (Fsp3) is 0.667. The summed E-state index contributed by atoms with van der Waals surface area (Å²) < 4.78 is 39.2. The van der Waals surface area contributed by atoms with Gasteiger partial charge in [0, 0.05) is 45.6 Å². The number of halogens is 3. The third-order valence-corrected chi connectivity index (χ3v) is 3.88. The second-order valence-corrected chi connectivity index (χ2v) is 5.81. The number of aliphatic imine (C=N–C) groups is 1. The normalized spacial score (nSPS) is 20.0. The third kappa shape index (κ3) is 6.52. The van der Waals surface area contributed by atoms with E-state index in [4.69, 9.17) is 0 Å². The van der Waals surface area contributed by atoms with Gasteiger partial charge in [-0.05, 0) is 31.0 Å². The van der Waals surface area contributed by atoms with E-state index in [0.717, 1.165) is 19.5 Å². The van der Waals surface area contributed by atoms with Crippen LogP contribution in [0.5, 0.6) is 0 Å². The van der Waals surface area contributed by atoms with Gasteiger partial charge in [0.2, 0.25) is 0 Å². The summed E-state index contributed by atoms with van der Waals surface area (Å²) in [5.74, 6) is 0.909. The summed E-state index contributed by atoms with van der Waals surface area (Å²) in [6.07, 6.45) is 0.652. The summed E-state index contributed by atoms with van der Waals surface area (Å²) in [6, 6.07) is 3.94. The summed E-state index contributed by atoms with van der Waals surface area (Å²) in [5, 5.41) is 6.40. The Morgan fingerprint density at radius 3 is 2.65 bits per heavy atom. The molecule has 8 heteroatoms. The van der Waals surface area contributed by atoms with E-state index in [1.54, 1.807) is 7.05 Å². The number of hydrogen-bond donors (Lipinski definition) is 2. The molecule has 0 saturated carbocycles. The quantitative estimate of drug-likeness (QED) is 0.614. The van der Waals surface area contributed by atoms with Gasteiger partial charge < -0.3 is 15.2 Å². The topological polar surface area (TPSA) is 44.6 Å². The highest BCUT2D eigenvalue weighted by molar-refractivity contribution is 5.79. The van der Waals surface area contributed by atoms with E-state index < -0.39 is 12.7 Å². The molecule has 5 nitrogen and oxygen atoms in total. The number of rotatable bonds is 6. The number of nitrogens with one attached hydrogen (secondary N) is 2. The van der Waals surface area contributed by atoms with Gasteiger partial charge in [0.15, 0.2) is 5.96 Å². The fourth-order valence-electron chi connectivity index (χ4n) is 2.76. The summed E-state index contributed by atoms with van der Waals surface area (Å²) >= 11 is 0. The van der Waals surface area contributed by atoms with E-state index in [0.29, 0.717) is 25.6 Å². The first-order chi connectivity index (χ1) is 11.0. The van der Waals surface area contributed by atoms with Crippen LogP contribution in [0.4, 0.5) is 13.2 Å². The van der Waals surface area contributed by atoms with Gasteiger partial charge in [0.1, 0.15) is 0 Å². The average Bonchev–Trinajstić information content (AvgIpc) is 3.12. The van der Waals surface area contributed by atoms with Gasteiger partial charge in [0.25, 0.3) is 0 Å². The van der Waals surface area contributed by atoms with Crippen molar-refractivity contribution in [1.82, 2.24) is 20.1 Å². The highest BCUT2D eigenvalue weighted by Gasteiger charge is 2.34. The molecule has 1 aromatic rings. The monoisotopic (exact) mass is 331 g/mol. The highest BCUT2D eigenvalue weighted by Crippen LogP contribution is 2.22. The zero-order valence-electron chi connectivity index (χ0n) is 13.3. The molecule has 1 unspecified atom stereocenters. The molecule has 2 N–H and O–H groups in total. The Balaban J connectivity index is 1.64. The SMILES string of the molecule is CN=C(NCCn1cccc1)NCC1CCN(CC(F)(F)F)C1. The highest BCUT2D eigenvalue weighted by atomic mass is 19.4. The predicted molar refractivity (Wildman–Crippen MR) is 84.4 cm³/mol. The van der Waals surface area contributed by atoms with Crippen LogP contribution in [-0.4, -0.2) is 61.4 Å². The fourth-order valence-corrected chi connectivity index (χ4v) is 2.76. The molecule has 130 valence electrons. The van der Waals surface area contributed by atoms with E-state index in [2.05, 4.69) is 20.2 Å². The Bertz CT molecular complexity index is 484. The van der Waals surface area contributed by atoms with E-state index in [-0.39, 0.29) is 5.92 Å². The molecule has 0 amide bonds. The van der Waals surface area contributed by atoms with Crippen molar-refractivity contribution in [3.8, 4) is 0 Å². The minimum atomic E-state index is -4.11. The van der Waals surface area contributed by atoms with Crippen molar-refractivity contribution < 1.29 is 13.2 Å². The minimum absolute atomic E-state index is 0.223. The molecule has 2 heterocycles. The second kappa shape index (κ2) is 8.24. The van der Waals surface area contributed by atoms with E-state index in [9.17, 15) is 13.2 Å². The molecule has 1 aromatic heterocycles. The van der Waals surface area contributed by atoms with Gasteiger partial charge in [0.05, 0.1) is 6.54 Å². The molecule has 1 saturated heterocycles. The first-order valence-corrected chi connectivity index (χ1v) is 7.80. The molecule has 1 aliphatic heterocycles. The van der Waals surface area contributed by atoms with Crippen LogP contribution in [0.1, 0.15) is 6.42 Å². The molecule has 1 atom stereocenters. The van der Waals surface area contributed by atoms with Crippen LogP contribution in [0, 0.1) is 5.92 Å². The largest absolute Gasteiger partial charge is 0.401 e. The molecular formula is C15H24F3N5. The molecule has 0 radical (unpaired) electrons. The van der Waals surface area contributed by atoms with Crippen LogP contribution in [0.3, 0.4) is 0 Å². The first-order valence-electron chi connectivity index (χ1n) is 7.80. The smallest absolute Gasteiger partial charge is 0.356 e. The van der Waals surface area contributed by atoms with Crippen molar-refractivity contribution in [2.45, 2.75) is 19.1 Å². The Hall–Kier alpha value is -1.70. The number of alkyl halides is 3. The zero-order valence-corrected chi connectivity index (χ0v) is 13.3. The third-order valence-electron chi connectivity index (χ3n) is 3.88. The van der Waals surface area contributed by atoms with Crippen molar-refractivity contribution in [2.75, 3.05) is 39.8 Å². The van der Waals surface area contributed by atoms with Crippen LogP contribution in [0.15, 0.2) is 29.5 Å². The maximum Gasteiger partial charge on any atom is 0.401 e. The molecule has 1 fully saturated rings. The lowest BCUT2D eigenvalue weighted by Crippen LogP contribution is -2.41. The molecule has 0 bridgehead atoms. The van der Waals surface area contributed by atoms with Gasteiger partial charge in [-0.15, -0.1) is 0 Å². The van der Waals surface area contributed by atoms with Crippen LogP contribution in [0.25, 0.3) is 0 Å². The van der Waals surface area contributed by atoms with E-state index in [1.807, 2.05) is 24.5 Å². The summed E-state index contributed by atoms with van der Waals surface area (Å²) in [6.45, 7) is 2.37. The minimum Gasteiger partial charge on any atom is -0.356 e. The molecular weight excluding hydrogens is 307 g/mol. The van der Waals surface area contributed by atoms with Gasteiger partial charge in [-0.25, -0.2) is 0 Å². The summed E-state index contributed by atoms with van der Waals surface area (Å²) in [5.41, 5.74) is 0. The van der Waals surface area contributed by atoms with Crippen molar-refractivity contribution in [1.29, 1.82) is 0 Å². The Morgan fingerprint density at radius 2 is 2.00 bits per heavy atom. The lowest BCUT2D eigenvalue weighted by Gasteiger charge is -2.18. The lowest BCUT2D eigenvalue weighted by atomic mass is 10.1. The van der Waals surface area contributed by atoms with Crippen molar-refractivity contribution in [2.24, 2.45) is 10.9 Å². The van der Waals surface area contributed by atoms with Crippen LogP contribution >= 0.6 is 0 Å². The van der Waals surface area contributed by atoms with Gasteiger partial charge in [-0.1, -0.05) is 0 Å². The average molecular weight is 331 g/mol. The molecule has 0 spiro atoms. The second-order valence-electron chi connectivity index (χ2n) is 5.81. The van der Waals surface area contributed by atoms with Crippen LogP contribution in [-0.2, 0) is 6.54 Å². The van der Waals surface area contributed by atoms with Crippen molar-refractivity contribution in [3.63, 3.8) is 0 Å². The number of guanidine groups is 1. The molecule has 1 aliphatic rings. The Labute approximate surface area is 134 Å². The number of hydrogen-bond acceptors (Lipinski definition) is 2. The Morgan fingerprint density at radius 1 is 1.26 bits per heavy atom. The lowest BCUT2D eigenvalue weighted by molar-refractivity contribution is -0.143. The van der Waals surface area contributed by atoms with Crippen molar-refractivity contribution >= 4 is 5.96 Å². The summed E-state index contributed by atoms with van der Waals surface area (Å²) in [4.78, 5) is 5.60. The van der Waals surface area contributed by atoms with Crippen LogP contribution in [0.2, 0.25) is 0 Å². The Kier molecular flexibility index (Phi) is 6.32. The van der Waals surface area contributed by atoms with Crippen LogP contribution < -0.4 is 10.6 Å². The molecule has 0 aliphatic carbocycles. The van der Waals surface area contributed by atoms with Crippen molar-refractivity contribution in [3.05, 3.63) is 24.5 Å². The molecule has 23 heavy (non-hydrogen) atoms. The van der Waals surface area contributed by atoms with Gasteiger partial charge >= 0.3 is 6.18 Å².